The number of amides is 1. The molecule has 4 heteroatoms. The largest absolute Gasteiger partial charge is 0.351 e. The summed E-state index contributed by atoms with van der Waals surface area (Å²) < 4.78 is 0. The van der Waals surface area contributed by atoms with Gasteiger partial charge in [-0.05, 0) is 42.9 Å². The van der Waals surface area contributed by atoms with Crippen molar-refractivity contribution in [2.45, 2.75) is 31.1 Å². The second-order valence-electron chi connectivity index (χ2n) is 4.70. The third-order valence-electron chi connectivity index (χ3n) is 3.53. The molecule has 17 heavy (non-hydrogen) atoms. The number of nitrogens with one attached hydrogen (secondary N) is 1. The van der Waals surface area contributed by atoms with E-state index in [0.29, 0.717) is 16.0 Å². The summed E-state index contributed by atoms with van der Waals surface area (Å²) in [6.07, 6.45) is 3.54. The van der Waals surface area contributed by atoms with Gasteiger partial charge in [-0.3, -0.25) is 4.79 Å². The Morgan fingerprint density at radius 2 is 2.24 bits per heavy atom. The minimum absolute atomic E-state index is 0.106. The Labute approximate surface area is 112 Å². The van der Waals surface area contributed by atoms with Crippen LogP contribution < -0.4 is 5.32 Å². The summed E-state index contributed by atoms with van der Waals surface area (Å²) >= 11 is 10.2. The van der Waals surface area contributed by atoms with Crippen LogP contribution in [-0.4, -0.2) is 12.5 Å². The first-order valence-electron chi connectivity index (χ1n) is 5.83. The SMILES string of the molecule is CCC1(CNC(=O)c2cc(S)ccc2Cl)CC1. The Balaban J connectivity index is 2.02. The summed E-state index contributed by atoms with van der Waals surface area (Å²) in [7, 11) is 0. The molecular weight excluding hydrogens is 254 g/mol. The molecular formula is C13H16ClNOS. The van der Waals surface area contributed by atoms with Crippen molar-refractivity contribution >= 4 is 30.1 Å². The number of rotatable bonds is 4. The van der Waals surface area contributed by atoms with Gasteiger partial charge in [0, 0.05) is 11.4 Å². The number of hydrogen-bond acceptors (Lipinski definition) is 2. The van der Waals surface area contributed by atoms with Crippen molar-refractivity contribution in [2.75, 3.05) is 6.54 Å². The lowest BCUT2D eigenvalue weighted by Gasteiger charge is -2.14. The minimum Gasteiger partial charge on any atom is -0.351 e. The predicted molar refractivity (Wildman–Crippen MR) is 73.0 cm³/mol. The maximum absolute atomic E-state index is 12.0. The van der Waals surface area contributed by atoms with Crippen LogP contribution in [0, 0.1) is 5.41 Å². The van der Waals surface area contributed by atoms with Crippen molar-refractivity contribution in [3.05, 3.63) is 28.8 Å². The highest BCUT2D eigenvalue weighted by Crippen LogP contribution is 2.47. The van der Waals surface area contributed by atoms with E-state index in [9.17, 15) is 4.79 Å². The third-order valence-corrected chi connectivity index (χ3v) is 4.13. The average Bonchev–Trinajstić information content (AvgIpc) is 3.10. The molecule has 0 radical (unpaired) electrons. The number of carbonyl (C=O) groups is 1. The lowest BCUT2D eigenvalue weighted by atomic mass is 10.0. The van der Waals surface area contributed by atoms with E-state index < -0.39 is 0 Å². The highest BCUT2D eigenvalue weighted by molar-refractivity contribution is 7.80. The van der Waals surface area contributed by atoms with Gasteiger partial charge in [0.15, 0.2) is 0 Å². The van der Waals surface area contributed by atoms with Crippen molar-refractivity contribution in [3.63, 3.8) is 0 Å². The standard InChI is InChI=1S/C13H16ClNOS/c1-2-13(5-6-13)8-15-12(16)10-7-9(17)3-4-11(10)14/h3-4,7,17H,2,5-6,8H2,1H3,(H,15,16). The Bertz CT molecular complexity index is 443. The summed E-state index contributed by atoms with van der Waals surface area (Å²) in [6.45, 7) is 2.91. The molecule has 2 nitrogen and oxygen atoms in total. The zero-order chi connectivity index (χ0) is 12.5. The topological polar surface area (TPSA) is 29.1 Å². The highest BCUT2D eigenvalue weighted by atomic mass is 35.5. The van der Waals surface area contributed by atoms with Gasteiger partial charge in [-0.25, -0.2) is 0 Å². The Morgan fingerprint density at radius 1 is 1.53 bits per heavy atom. The van der Waals surface area contributed by atoms with Crippen LogP contribution in [0.3, 0.4) is 0 Å². The molecule has 0 heterocycles. The maximum atomic E-state index is 12.0. The fraction of sp³-hybridized carbons (Fsp3) is 0.462. The molecule has 2 rings (SSSR count). The first kappa shape index (κ1) is 12.8. The molecule has 1 N–H and O–H groups in total. The summed E-state index contributed by atoms with van der Waals surface area (Å²) in [5, 5.41) is 3.44. The van der Waals surface area contributed by atoms with Crippen LogP contribution in [0.5, 0.6) is 0 Å². The van der Waals surface area contributed by atoms with Gasteiger partial charge in [-0.1, -0.05) is 18.5 Å². The molecule has 1 saturated carbocycles. The van der Waals surface area contributed by atoms with E-state index >= 15 is 0 Å². The summed E-state index contributed by atoms with van der Waals surface area (Å²) in [5.41, 5.74) is 0.854. The van der Waals surface area contributed by atoms with Gasteiger partial charge in [0.25, 0.3) is 5.91 Å². The van der Waals surface area contributed by atoms with Crippen LogP contribution >= 0.6 is 24.2 Å². The molecule has 92 valence electrons. The van der Waals surface area contributed by atoms with Crippen LogP contribution in [0.2, 0.25) is 5.02 Å². The van der Waals surface area contributed by atoms with E-state index in [-0.39, 0.29) is 5.91 Å². The maximum Gasteiger partial charge on any atom is 0.252 e. The Kier molecular flexibility index (Phi) is 3.69. The van der Waals surface area contributed by atoms with Crippen molar-refractivity contribution in [3.8, 4) is 0 Å². The second kappa shape index (κ2) is 4.91. The van der Waals surface area contributed by atoms with E-state index in [0.717, 1.165) is 17.9 Å². The fourth-order valence-corrected chi connectivity index (χ4v) is 2.29. The van der Waals surface area contributed by atoms with E-state index in [1.54, 1.807) is 18.2 Å². The van der Waals surface area contributed by atoms with Gasteiger partial charge in [-0.2, -0.15) is 0 Å². The number of carbonyl (C=O) groups excluding carboxylic acids is 1. The lowest BCUT2D eigenvalue weighted by Crippen LogP contribution is -2.30. The van der Waals surface area contributed by atoms with Gasteiger partial charge in [0.05, 0.1) is 10.6 Å². The highest BCUT2D eigenvalue weighted by Gasteiger charge is 2.40. The van der Waals surface area contributed by atoms with E-state index in [1.807, 2.05) is 0 Å². The molecule has 1 fully saturated rings. The predicted octanol–water partition coefficient (Wildman–Crippen LogP) is 3.55. The van der Waals surface area contributed by atoms with Crippen molar-refractivity contribution in [1.29, 1.82) is 0 Å². The fourth-order valence-electron chi connectivity index (χ4n) is 1.88. The number of benzene rings is 1. The molecule has 1 aliphatic carbocycles. The molecule has 1 aromatic carbocycles. The molecule has 0 bridgehead atoms. The monoisotopic (exact) mass is 269 g/mol. The molecule has 1 amide bonds. The number of hydrogen-bond donors (Lipinski definition) is 2. The molecule has 0 atom stereocenters. The Hall–Kier alpha value is -0.670. The minimum atomic E-state index is -0.106. The van der Waals surface area contributed by atoms with Gasteiger partial charge in [0.1, 0.15) is 0 Å². The average molecular weight is 270 g/mol. The van der Waals surface area contributed by atoms with Crippen LogP contribution in [-0.2, 0) is 0 Å². The Morgan fingerprint density at radius 3 is 2.82 bits per heavy atom. The zero-order valence-corrected chi connectivity index (χ0v) is 11.4. The van der Waals surface area contributed by atoms with Crippen LogP contribution in [0.1, 0.15) is 36.5 Å². The van der Waals surface area contributed by atoms with Crippen molar-refractivity contribution in [2.24, 2.45) is 5.41 Å². The van der Waals surface area contributed by atoms with Gasteiger partial charge < -0.3 is 5.32 Å². The molecule has 0 aromatic heterocycles. The molecule has 1 aromatic rings. The van der Waals surface area contributed by atoms with Crippen LogP contribution in [0.25, 0.3) is 0 Å². The lowest BCUT2D eigenvalue weighted by molar-refractivity contribution is 0.0944. The van der Waals surface area contributed by atoms with E-state index in [2.05, 4.69) is 24.9 Å². The van der Waals surface area contributed by atoms with Crippen molar-refractivity contribution < 1.29 is 4.79 Å². The summed E-state index contributed by atoms with van der Waals surface area (Å²) in [5.74, 6) is -0.106. The smallest absolute Gasteiger partial charge is 0.252 e. The zero-order valence-electron chi connectivity index (χ0n) is 9.79. The summed E-state index contributed by atoms with van der Waals surface area (Å²) in [4.78, 5) is 12.7. The third kappa shape index (κ3) is 2.96. The second-order valence-corrected chi connectivity index (χ2v) is 5.62. The van der Waals surface area contributed by atoms with Crippen LogP contribution in [0.15, 0.2) is 23.1 Å². The number of halogens is 1. The van der Waals surface area contributed by atoms with Gasteiger partial charge in [0.2, 0.25) is 0 Å². The normalized spacial score (nSPS) is 16.6. The molecule has 1 aliphatic rings. The molecule has 0 spiro atoms. The first-order chi connectivity index (χ1) is 8.06. The van der Waals surface area contributed by atoms with E-state index in [4.69, 9.17) is 11.6 Å². The first-order valence-corrected chi connectivity index (χ1v) is 6.65. The van der Waals surface area contributed by atoms with Crippen LogP contribution in [0.4, 0.5) is 0 Å². The van der Waals surface area contributed by atoms with E-state index in [1.165, 1.54) is 12.8 Å². The van der Waals surface area contributed by atoms with Gasteiger partial charge in [-0.15, -0.1) is 12.6 Å². The molecule has 0 aliphatic heterocycles. The van der Waals surface area contributed by atoms with Crippen molar-refractivity contribution in [1.82, 2.24) is 5.32 Å². The summed E-state index contributed by atoms with van der Waals surface area (Å²) in [6, 6.07) is 5.18. The number of thiol groups is 1. The quantitative estimate of drug-likeness (QED) is 0.805. The molecule has 0 unspecified atom stereocenters. The van der Waals surface area contributed by atoms with Gasteiger partial charge >= 0.3 is 0 Å². The molecule has 0 saturated heterocycles.